The van der Waals surface area contributed by atoms with E-state index in [1.54, 1.807) is 0 Å². The van der Waals surface area contributed by atoms with Crippen LogP contribution in [0.15, 0.2) is 60.9 Å². The zero-order valence-corrected chi connectivity index (χ0v) is 23.1. The molecule has 3 heteroatoms. The molecule has 0 amide bonds. The van der Waals surface area contributed by atoms with Gasteiger partial charge in [-0.1, -0.05) is 108 Å². The number of aromatic nitrogens is 2. The molecule has 1 saturated carbocycles. The third-order valence-corrected chi connectivity index (χ3v) is 8.06. The molecule has 1 heterocycles. The van der Waals surface area contributed by atoms with Crippen LogP contribution in [0.5, 0.6) is 5.75 Å². The summed E-state index contributed by atoms with van der Waals surface area (Å²) < 4.78 is 6.07. The van der Waals surface area contributed by atoms with Crippen molar-refractivity contribution in [1.29, 1.82) is 0 Å². The summed E-state index contributed by atoms with van der Waals surface area (Å²) in [7, 11) is 0. The topological polar surface area (TPSA) is 35.0 Å². The van der Waals surface area contributed by atoms with Gasteiger partial charge in [0.15, 0.2) is 5.82 Å². The Morgan fingerprint density at radius 2 is 1.19 bits per heavy atom. The number of unbranched alkanes of at least 4 members (excludes halogenated alkanes) is 3. The molecule has 2 aromatic carbocycles. The maximum atomic E-state index is 6.07. The molecule has 3 nitrogen and oxygen atoms in total. The van der Waals surface area contributed by atoms with E-state index in [0.29, 0.717) is 0 Å². The summed E-state index contributed by atoms with van der Waals surface area (Å²) in [5.74, 6) is 3.68. The van der Waals surface area contributed by atoms with E-state index in [1.807, 2.05) is 12.4 Å². The first-order valence-corrected chi connectivity index (χ1v) is 14.9. The smallest absolute Gasteiger partial charge is 0.159 e. The zero-order chi connectivity index (χ0) is 25.7. The first kappa shape index (κ1) is 27.4. The van der Waals surface area contributed by atoms with E-state index < -0.39 is 0 Å². The molecule has 1 aliphatic carbocycles. The molecule has 0 spiro atoms. The van der Waals surface area contributed by atoms with Gasteiger partial charge in [-0.25, -0.2) is 9.97 Å². The van der Waals surface area contributed by atoms with Crippen molar-refractivity contribution in [2.45, 2.75) is 97.3 Å². The molecule has 0 atom stereocenters. The second-order valence-electron chi connectivity index (χ2n) is 11.0. The van der Waals surface area contributed by atoms with Gasteiger partial charge < -0.3 is 4.74 Å². The lowest BCUT2D eigenvalue weighted by atomic mass is 9.78. The van der Waals surface area contributed by atoms with Crippen LogP contribution in [0.3, 0.4) is 0 Å². The fourth-order valence-electron chi connectivity index (χ4n) is 5.62. The molecule has 198 valence electrons. The first-order chi connectivity index (χ1) is 18.2. The molecule has 3 aromatic rings. The summed E-state index contributed by atoms with van der Waals surface area (Å²) in [5.41, 5.74) is 4.66. The molecule has 1 aromatic heterocycles. The van der Waals surface area contributed by atoms with Gasteiger partial charge in [-0.05, 0) is 66.3 Å². The molecule has 0 radical (unpaired) electrons. The number of ether oxygens (including phenoxy) is 1. The third-order valence-electron chi connectivity index (χ3n) is 8.06. The van der Waals surface area contributed by atoms with Crippen molar-refractivity contribution in [3.05, 3.63) is 66.5 Å². The summed E-state index contributed by atoms with van der Waals surface area (Å²) in [4.78, 5) is 9.14. The zero-order valence-electron chi connectivity index (χ0n) is 23.1. The van der Waals surface area contributed by atoms with E-state index in [2.05, 4.69) is 72.3 Å². The standard InChI is InChI=1S/C34H46N2O/c1-3-5-7-10-27-12-14-28(15-13-27)11-8-24-37-33-22-20-31(21-23-33)30-16-18-32(19-17-30)34-35-25-29(26-36-34)9-6-4-2/h16-23,25-28H,3-15,24H2,1-2H3. The maximum Gasteiger partial charge on any atom is 0.159 e. The molecule has 0 saturated heterocycles. The van der Waals surface area contributed by atoms with Gasteiger partial charge in [-0.15, -0.1) is 0 Å². The SMILES string of the molecule is CCCCCC1CCC(CCCOc2ccc(-c3ccc(-c4ncc(CCCC)cn4)cc3)cc2)CC1. The predicted molar refractivity (Wildman–Crippen MR) is 156 cm³/mol. The fraction of sp³-hybridized carbons (Fsp3) is 0.529. The molecule has 0 unspecified atom stereocenters. The highest BCUT2D eigenvalue weighted by Gasteiger charge is 2.20. The van der Waals surface area contributed by atoms with Crippen LogP contribution in [0, 0.1) is 11.8 Å². The first-order valence-electron chi connectivity index (χ1n) is 14.9. The lowest BCUT2D eigenvalue weighted by Crippen LogP contribution is -2.15. The van der Waals surface area contributed by atoms with Crippen LogP contribution in [0.1, 0.15) is 96.5 Å². The van der Waals surface area contributed by atoms with Gasteiger partial charge >= 0.3 is 0 Å². The minimum atomic E-state index is 0.788. The highest BCUT2D eigenvalue weighted by molar-refractivity contribution is 5.68. The molecule has 0 N–H and O–H groups in total. The van der Waals surface area contributed by atoms with Gasteiger partial charge in [0, 0.05) is 18.0 Å². The van der Waals surface area contributed by atoms with Crippen molar-refractivity contribution < 1.29 is 4.74 Å². The molecule has 1 aliphatic rings. The molecular formula is C34H46N2O. The van der Waals surface area contributed by atoms with Gasteiger partial charge in [0.1, 0.15) is 5.75 Å². The molecule has 1 fully saturated rings. The summed E-state index contributed by atoms with van der Waals surface area (Å²) in [5, 5.41) is 0. The van der Waals surface area contributed by atoms with Crippen molar-refractivity contribution in [1.82, 2.24) is 9.97 Å². The second kappa shape index (κ2) is 14.9. The highest BCUT2D eigenvalue weighted by atomic mass is 16.5. The van der Waals surface area contributed by atoms with E-state index in [4.69, 9.17) is 4.74 Å². The Balaban J connectivity index is 1.18. The summed E-state index contributed by atoms with van der Waals surface area (Å²) >= 11 is 0. The van der Waals surface area contributed by atoms with Crippen LogP contribution in [0.4, 0.5) is 0 Å². The van der Waals surface area contributed by atoms with E-state index in [-0.39, 0.29) is 0 Å². The van der Waals surface area contributed by atoms with Crippen LogP contribution in [-0.4, -0.2) is 16.6 Å². The normalized spacial score (nSPS) is 17.6. The van der Waals surface area contributed by atoms with Crippen molar-refractivity contribution in [2.75, 3.05) is 6.61 Å². The Morgan fingerprint density at radius 3 is 1.78 bits per heavy atom. The predicted octanol–water partition coefficient (Wildman–Crippen LogP) is 9.70. The average molecular weight is 499 g/mol. The van der Waals surface area contributed by atoms with Crippen LogP contribution in [0.2, 0.25) is 0 Å². The van der Waals surface area contributed by atoms with E-state index >= 15 is 0 Å². The van der Waals surface area contributed by atoms with Crippen molar-refractivity contribution in [2.24, 2.45) is 11.8 Å². The van der Waals surface area contributed by atoms with Gasteiger partial charge in [0.2, 0.25) is 0 Å². The Hall–Kier alpha value is -2.68. The van der Waals surface area contributed by atoms with Crippen LogP contribution in [-0.2, 0) is 6.42 Å². The molecule has 0 bridgehead atoms. The Kier molecular flexibility index (Phi) is 11.0. The fourth-order valence-corrected chi connectivity index (χ4v) is 5.62. The number of hydrogen-bond donors (Lipinski definition) is 0. The number of nitrogens with zero attached hydrogens (tertiary/aromatic N) is 2. The number of hydrogen-bond acceptors (Lipinski definition) is 3. The largest absolute Gasteiger partial charge is 0.494 e. The van der Waals surface area contributed by atoms with Crippen molar-refractivity contribution in [3.8, 4) is 28.3 Å². The average Bonchev–Trinajstić information content (AvgIpc) is 2.96. The monoisotopic (exact) mass is 498 g/mol. The van der Waals surface area contributed by atoms with Gasteiger partial charge in [-0.2, -0.15) is 0 Å². The van der Waals surface area contributed by atoms with E-state index in [9.17, 15) is 0 Å². The maximum absolute atomic E-state index is 6.07. The number of rotatable bonds is 14. The van der Waals surface area contributed by atoms with E-state index in [1.165, 1.54) is 87.3 Å². The lowest BCUT2D eigenvalue weighted by molar-refractivity contribution is 0.228. The van der Waals surface area contributed by atoms with Gasteiger partial charge in [0.25, 0.3) is 0 Å². The van der Waals surface area contributed by atoms with Crippen LogP contribution < -0.4 is 4.74 Å². The minimum Gasteiger partial charge on any atom is -0.494 e. The molecule has 0 aliphatic heterocycles. The lowest BCUT2D eigenvalue weighted by Gasteiger charge is -2.28. The third kappa shape index (κ3) is 8.69. The summed E-state index contributed by atoms with van der Waals surface area (Å²) in [6.45, 7) is 5.33. The summed E-state index contributed by atoms with van der Waals surface area (Å²) in [6, 6.07) is 17.0. The van der Waals surface area contributed by atoms with Crippen molar-refractivity contribution >= 4 is 0 Å². The second-order valence-corrected chi connectivity index (χ2v) is 11.0. The van der Waals surface area contributed by atoms with E-state index in [0.717, 1.165) is 48.4 Å². The Morgan fingerprint density at radius 1 is 0.649 bits per heavy atom. The molecule has 37 heavy (non-hydrogen) atoms. The highest BCUT2D eigenvalue weighted by Crippen LogP contribution is 2.34. The van der Waals surface area contributed by atoms with Crippen LogP contribution >= 0.6 is 0 Å². The minimum absolute atomic E-state index is 0.788. The quantitative estimate of drug-likeness (QED) is 0.207. The Bertz CT molecular complexity index is 1020. The van der Waals surface area contributed by atoms with Crippen LogP contribution in [0.25, 0.3) is 22.5 Å². The molecular weight excluding hydrogens is 452 g/mol. The van der Waals surface area contributed by atoms with Crippen molar-refractivity contribution in [3.63, 3.8) is 0 Å². The number of benzene rings is 2. The molecule has 4 rings (SSSR count). The van der Waals surface area contributed by atoms with Gasteiger partial charge in [-0.3, -0.25) is 0 Å². The Labute approximate surface area is 225 Å². The summed E-state index contributed by atoms with van der Waals surface area (Å²) in [6.07, 6.45) is 21.3. The number of aryl methyl sites for hydroxylation is 1. The van der Waals surface area contributed by atoms with Gasteiger partial charge in [0.05, 0.1) is 6.61 Å².